The van der Waals surface area contributed by atoms with Gasteiger partial charge in [0, 0.05) is 25.5 Å². The zero-order chi connectivity index (χ0) is 8.32. The summed E-state index contributed by atoms with van der Waals surface area (Å²) in [6, 6.07) is 0. The molecule has 0 atom stereocenters. The molecular weight excluding hydrogens is 158 g/mol. The Balaban J connectivity index is 2.09. The topological polar surface area (TPSA) is 3.24 Å². The maximum absolute atomic E-state index is 5.50. The number of alkyl halides is 1. The van der Waals surface area contributed by atoms with Crippen molar-refractivity contribution < 1.29 is 0 Å². The van der Waals surface area contributed by atoms with Crippen LogP contribution in [-0.4, -0.2) is 30.4 Å². The highest BCUT2D eigenvalue weighted by Crippen LogP contribution is 2.27. The first-order valence-electron chi connectivity index (χ1n) is 4.07. The molecule has 0 saturated carbocycles. The summed E-state index contributed by atoms with van der Waals surface area (Å²) in [6.45, 7) is 8.11. The van der Waals surface area contributed by atoms with E-state index in [2.05, 4.69) is 24.8 Å². The fourth-order valence-corrected chi connectivity index (χ4v) is 1.71. The molecule has 0 aromatic carbocycles. The number of likely N-dealkylation sites (tertiary alicyclic amines) is 1. The van der Waals surface area contributed by atoms with Crippen molar-refractivity contribution in [2.75, 3.05) is 25.5 Å². The summed E-state index contributed by atoms with van der Waals surface area (Å²) in [6.07, 6.45) is 4.15. The molecule has 1 saturated heterocycles. The summed E-state index contributed by atoms with van der Waals surface area (Å²) in [5, 5.41) is 0. The average molecular weight is 174 g/mol. The molecule has 1 heterocycles. The van der Waals surface area contributed by atoms with Crippen LogP contribution in [0.5, 0.6) is 0 Å². The van der Waals surface area contributed by atoms with Crippen LogP contribution in [-0.2, 0) is 0 Å². The molecule has 11 heavy (non-hydrogen) atoms. The second-order valence-corrected chi connectivity index (χ2v) is 4.27. The first-order valence-corrected chi connectivity index (χ1v) is 4.61. The van der Waals surface area contributed by atoms with Crippen molar-refractivity contribution in [3.8, 4) is 0 Å². The van der Waals surface area contributed by atoms with Gasteiger partial charge in [-0.25, -0.2) is 0 Å². The zero-order valence-electron chi connectivity index (χ0n) is 7.31. The summed E-state index contributed by atoms with van der Waals surface area (Å²) < 4.78 is 0. The summed E-state index contributed by atoms with van der Waals surface area (Å²) in [5.74, 6) is 0.636. The molecule has 0 unspecified atom stereocenters. The lowest BCUT2D eigenvalue weighted by Crippen LogP contribution is -2.52. The van der Waals surface area contributed by atoms with Crippen LogP contribution in [0.15, 0.2) is 12.2 Å². The third-order valence-electron chi connectivity index (χ3n) is 1.92. The molecule has 0 spiro atoms. The molecule has 0 N–H and O–H groups in total. The molecule has 0 radical (unpaired) electrons. The van der Waals surface area contributed by atoms with Crippen molar-refractivity contribution in [1.29, 1.82) is 0 Å². The summed E-state index contributed by atoms with van der Waals surface area (Å²) in [5.41, 5.74) is 0.550. The normalized spacial score (nSPS) is 23.9. The van der Waals surface area contributed by atoms with E-state index >= 15 is 0 Å². The predicted molar refractivity (Wildman–Crippen MR) is 50.1 cm³/mol. The first kappa shape index (κ1) is 9.08. The second kappa shape index (κ2) is 3.59. The minimum Gasteiger partial charge on any atom is -0.299 e. The van der Waals surface area contributed by atoms with Crippen LogP contribution >= 0.6 is 11.6 Å². The Morgan fingerprint density at radius 2 is 2.00 bits per heavy atom. The van der Waals surface area contributed by atoms with Crippen molar-refractivity contribution in [2.45, 2.75) is 13.8 Å². The molecule has 1 fully saturated rings. The van der Waals surface area contributed by atoms with Gasteiger partial charge in [0.1, 0.15) is 0 Å². The van der Waals surface area contributed by atoms with E-state index < -0.39 is 0 Å². The lowest BCUT2D eigenvalue weighted by molar-refractivity contribution is 0.0424. The van der Waals surface area contributed by atoms with Crippen molar-refractivity contribution in [1.82, 2.24) is 4.90 Å². The monoisotopic (exact) mass is 173 g/mol. The Hall–Kier alpha value is -0.0100. The first-order chi connectivity index (χ1) is 5.14. The van der Waals surface area contributed by atoms with E-state index in [0.29, 0.717) is 11.3 Å². The highest BCUT2D eigenvalue weighted by Gasteiger charge is 2.32. The van der Waals surface area contributed by atoms with E-state index in [9.17, 15) is 0 Å². The average Bonchev–Trinajstić information content (AvgIpc) is 1.84. The minimum atomic E-state index is 0.550. The van der Waals surface area contributed by atoms with E-state index in [1.807, 2.05) is 6.08 Å². The molecule has 0 aromatic heterocycles. The Bertz CT molecular complexity index is 144. The number of halogens is 1. The molecule has 1 rings (SSSR count). The smallest absolute Gasteiger partial charge is 0.0404 e. The number of hydrogen-bond donors (Lipinski definition) is 0. The van der Waals surface area contributed by atoms with E-state index in [4.69, 9.17) is 11.6 Å². The van der Waals surface area contributed by atoms with Crippen molar-refractivity contribution in [3.05, 3.63) is 12.2 Å². The van der Waals surface area contributed by atoms with E-state index in [0.717, 1.165) is 6.54 Å². The Labute approximate surface area is 74.0 Å². The molecule has 0 aromatic rings. The second-order valence-electron chi connectivity index (χ2n) is 3.96. The van der Waals surface area contributed by atoms with Gasteiger partial charge in [0.2, 0.25) is 0 Å². The largest absolute Gasteiger partial charge is 0.299 e. The van der Waals surface area contributed by atoms with E-state index in [1.54, 1.807) is 0 Å². The molecule has 1 nitrogen and oxygen atoms in total. The van der Waals surface area contributed by atoms with E-state index in [-0.39, 0.29) is 0 Å². The van der Waals surface area contributed by atoms with Gasteiger partial charge in [-0.15, -0.1) is 11.6 Å². The van der Waals surface area contributed by atoms with Gasteiger partial charge in [-0.1, -0.05) is 26.0 Å². The minimum absolute atomic E-state index is 0.550. The lowest BCUT2D eigenvalue weighted by atomic mass is 9.84. The molecule has 0 amide bonds. The predicted octanol–water partition coefficient (Wildman–Crippen LogP) is 2.12. The van der Waals surface area contributed by atoms with Crippen molar-refractivity contribution >= 4 is 11.6 Å². The quantitative estimate of drug-likeness (QED) is 0.467. The van der Waals surface area contributed by atoms with Crippen LogP contribution in [0.4, 0.5) is 0 Å². The van der Waals surface area contributed by atoms with Gasteiger partial charge in [-0.05, 0) is 5.41 Å². The fourth-order valence-electron chi connectivity index (χ4n) is 1.58. The van der Waals surface area contributed by atoms with E-state index in [1.165, 1.54) is 13.1 Å². The maximum atomic E-state index is 5.50. The Kier molecular flexibility index (Phi) is 2.97. The molecule has 0 bridgehead atoms. The number of rotatable bonds is 3. The van der Waals surface area contributed by atoms with Crippen molar-refractivity contribution in [3.63, 3.8) is 0 Å². The lowest BCUT2D eigenvalue weighted by Gasteiger charge is -2.45. The van der Waals surface area contributed by atoms with Crippen molar-refractivity contribution in [2.24, 2.45) is 5.41 Å². The standard InChI is InChI=1S/C9H16ClN/c1-9(2)7-11(8-9)6-4-3-5-10/h3-4H,5-8H2,1-2H3/b4-3+. The van der Waals surface area contributed by atoms with Gasteiger partial charge in [0.25, 0.3) is 0 Å². The van der Waals surface area contributed by atoms with Crippen LogP contribution < -0.4 is 0 Å². The maximum Gasteiger partial charge on any atom is 0.0404 e. The highest BCUT2D eigenvalue weighted by atomic mass is 35.5. The van der Waals surface area contributed by atoms with Crippen LogP contribution in [0.2, 0.25) is 0 Å². The number of nitrogens with zero attached hydrogens (tertiary/aromatic N) is 1. The highest BCUT2D eigenvalue weighted by molar-refractivity contribution is 6.18. The van der Waals surface area contributed by atoms with Gasteiger partial charge in [-0.2, -0.15) is 0 Å². The number of allylic oxidation sites excluding steroid dienone is 1. The SMILES string of the molecule is CC1(C)CN(C/C=C/CCl)C1. The molecular formula is C9H16ClN. The van der Waals surface area contributed by atoms with Gasteiger partial charge in [0.05, 0.1) is 0 Å². The molecule has 1 aliphatic rings. The third kappa shape index (κ3) is 2.84. The van der Waals surface area contributed by atoms with Gasteiger partial charge >= 0.3 is 0 Å². The molecule has 64 valence electrons. The fraction of sp³-hybridized carbons (Fsp3) is 0.778. The van der Waals surface area contributed by atoms with Crippen LogP contribution in [0.3, 0.4) is 0 Å². The molecule has 0 aliphatic carbocycles. The zero-order valence-corrected chi connectivity index (χ0v) is 8.06. The summed E-state index contributed by atoms with van der Waals surface area (Å²) in [7, 11) is 0. The summed E-state index contributed by atoms with van der Waals surface area (Å²) in [4.78, 5) is 2.42. The Morgan fingerprint density at radius 3 is 2.45 bits per heavy atom. The van der Waals surface area contributed by atoms with Crippen LogP contribution in [0.1, 0.15) is 13.8 Å². The molecule has 1 aliphatic heterocycles. The number of hydrogen-bond acceptors (Lipinski definition) is 1. The van der Waals surface area contributed by atoms with Gasteiger partial charge < -0.3 is 0 Å². The Morgan fingerprint density at radius 1 is 1.36 bits per heavy atom. The van der Waals surface area contributed by atoms with Gasteiger partial charge in [0.15, 0.2) is 0 Å². The summed E-state index contributed by atoms with van der Waals surface area (Å²) >= 11 is 5.50. The third-order valence-corrected chi connectivity index (χ3v) is 2.10. The molecule has 2 heteroatoms. The van der Waals surface area contributed by atoms with Crippen LogP contribution in [0, 0.1) is 5.41 Å². The van der Waals surface area contributed by atoms with Gasteiger partial charge in [-0.3, -0.25) is 4.90 Å². The van der Waals surface area contributed by atoms with Crippen LogP contribution in [0.25, 0.3) is 0 Å².